The Hall–Kier alpha value is -0.720. The number of carbonyl (C=O) groups is 1. The van der Waals surface area contributed by atoms with Gasteiger partial charge in [0.15, 0.2) is 0 Å². The van der Waals surface area contributed by atoms with Gasteiger partial charge in [0.1, 0.15) is 0 Å². The van der Waals surface area contributed by atoms with Crippen LogP contribution in [0.5, 0.6) is 0 Å². The van der Waals surface area contributed by atoms with Gasteiger partial charge in [-0.15, -0.1) is 0 Å². The molecule has 1 aliphatic rings. The summed E-state index contributed by atoms with van der Waals surface area (Å²) < 4.78 is 0. The Kier molecular flexibility index (Phi) is 6.68. The van der Waals surface area contributed by atoms with Gasteiger partial charge in [0.2, 0.25) is 5.91 Å². The van der Waals surface area contributed by atoms with Gasteiger partial charge in [-0.25, -0.2) is 0 Å². The van der Waals surface area contributed by atoms with E-state index in [1.165, 1.54) is 12.8 Å². The number of hydrogen-bond donors (Lipinski definition) is 1. The number of carbonyl (C=O) groups excluding carboxylic acids is 1. The predicted molar refractivity (Wildman–Crippen MR) is 82.2 cm³/mol. The van der Waals surface area contributed by atoms with Crippen molar-refractivity contribution in [1.82, 2.24) is 14.7 Å². The maximum absolute atomic E-state index is 12.1. The Labute approximate surface area is 121 Å². The van der Waals surface area contributed by atoms with Crippen molar-refractivity contribution >= 4 is 23.1 Å². The number of likely N-dealkylation sites (tertiary alicyclic amines) is 1. The fourth-order valence-corrected chi connectivity index (χ4v) is 2.52. The van der Waals surface area contributed by atoms with Crippen molar-refractivity contribution in [2.45, 2.75) is 25.3 Å². The SMILES string of the molecule is CN(C)CC1CCCN1CC(=O)N(C)CCC(N)=S. The maximum Gasteiger partial charge on any atom is 0.236 e. The molecule has 6 heteroatoms. The summed E-state index contributed by atoms with van der Waals surface area (Å²) >= 11 is 4.83. The van der Waals surface area contributed by atoms with E-state index in [0.29, 0.717) is 30.5 Å². The van der Waals surface area contributed by atoms with E-state index in [4.69, 9.17) is 18.0 Å². The van der Waals surface area contributed by atoms with Crippen LogP contribution >= 0.6 is 12.2 Å². The van der Waals surface area contributed by atoms with Gasteiger partial charge in [-0.1, -0.05) is 12.2 Å². The van der Waals surface area contributed by atoms with E-state index in [2.05, 4.69) is 23.9 Å². The molecular formula is C13H26N4OS. The molecular weight excluding hydrogens is 260 g/mol. The van der Waals surface area contributed by atoms with Crippen LogP contribution in [-0.4, -0.2) is 79.0 Å². The zero-order chi connectivity index (χ0) is 14.4. The molecule has 0 saturated carbocycles. The monoisotopic (exact) mass is 286 g/mol. The second-order valence-corrected chi connectivity index (χ2v) is 6.08. The fraction of sp³-hybridized carbons (Fsp3) is 0.846. The van der Waals surface area contributed by atoms with Crippen LogP contribution in [-0.2, 0) is 4.79 Å². The molecule has 1 fully saturated rings. The minimum Gasteiger partial charge on any atom is -0.393 e. The number of likely N-dealkylation sites (N-methyl/N-ethyl adjacent to an activating group) is 2. The molecule has 0 aromatic carbocycles. The Morgan fingerprint density at radius 3 is 2.68 bits per heavy atom. The standard InChI is InChI=1S/C13H26N4OS/c1-15(2)9-11-5-4-7-17(11)10-13(18)16(3)8-6-12(14)19/h11H,4-10H2,1-3H3,(H2,14,19). The zero-order valence-electron chi connectivity index (χ0n) is 12.3. The lowest BCUT2D eigenvalue weighted by molar-refractivity contribution is -0.131. The van der Waals surface area contributed by atoms with E-state index in [-0.39, 0.29) is 5.91 Å². The van der Waals surface area contributed by atoms with Crippen molar-refractivity contribution in [2.24, 2.45) is 5.73 Å². The molecule has 1 heterocycles. The van der Waals surface area contributed by atoms with Crippen LogP contribution in [0.25, 0.3) is 0 Å². The first-order chi connectivity index (χ1) is 8.90. The highest BCUT2D eigenvalue weighted by atomic mass is 32.1. The molecule has 2 N–H and O–H groups in total. The van der Waals surface area contributed by atoms with Crippen LogP contribution < -0.4 is 5.73 Å². The molecule has 19 heavy (non-hydrogen) atoms. The van der Waals surface area contributed by atoms with Crippen LogP contribution in [0.3, 0.4) is 0 Å². The Morgan fingerprint density at radius 2 is 2.11 bits per heavy atom. The Morgan fingerprint density at radius 1 is 1.42 bits per heavy atom. The number of nitrogens with zero attached hydrogens (tertiary/aromatic N) is 3. The highest BCUT2D eigenvalue weighted by Gasteiger charge is 2.27. The zero-order valence-corrected chi connectivity index (χ0v) is 13.1. The number of rotatable bonds is 7. The average Bonchev–Trinajstić information content (AvgIpc) is 2.72. The maximum atomic E-state index is 12.1. The summed E-state index contributed by atoms with van der Waals surface area (Å²) in [4.78, 5) is 18.8. The van der Waals surface area contributed by atoms with Crippen molar-refractivity contribution in [3.63, 3.8) is 0 Å². The van der Waals surface area contributed by atoms with Crippen molar-refractivity contribution < 1.29 is 4.79 Å². The molecule has 0 radical (unpaired) electrons. The van der Waals surface area contributed by atoms with Gasteiger partial charge < -0.3 is 15.5 Å². The lowest BCUT2D eigenvalue weighted by Gasteiger charge is -2.28. The molecule has 1 amide bonds. The van der Waals surface area contributed by atoms with E-state index in [9.17, 15) is 4.79 Å². The van der Waals surface area contributed by atoms with E-state index in [0.717, 1.165) is 13.1 Å². The summed E-state index contributed by atoms with van der Waals surface area (Å²) in [6, 6.07) is 0.503. The topological polar surface area (TPSA) is 52.8 Å². The van der Waals surface area contributed by atoms with Crippen molar-refractivity contribution in [3.05, 3.63) is 0 Å². The van der Waals surface area contributed by atoms with Crippen LogP contribution in [0, 0.1) is 0 Å². The molecule has 0 aromatic rings. The molecule has 1 unspecified atom stereocenters. The number of amides is 1. The molecule has 1 atom stereocenters. The van der Waals surface area contributed by atoms with Crippen LogP contribution in [0.15, 0.2) is 0 Å². The first-order valence-electron chi connectivity index (χ1n) is 6.81. The first kappa shape index (κ1) is 16.3. The van der Waals surface area contributed by atoms with Gasteiger partial charge in [-0.3, -0.25) is 9.69 Å². The van der Waals surface area contributed by atoms with E-state index < -0.39 is 0 Å². The van der Waals surface area contributed by atoms with E-state index in [1.807, 2.05) is 7.05 Å². The number of thiocarbonyl (C=S) groups is 1. The summed E-state index contributed by atoms with van der Waals surface area (Å²) in [7, 11) is 5.97. The predicted octanol–water partition coefficient (Wildman–Crippen LogP) is 0.147. The summed E-state index contributed by atoms with van der Waals surface area (Å²) in [5, 5.41) is 0. The number of hydrogen-bond acceptors (Lipinski definition) is 4. The molecule has 0 aliphatic carbocycles. The quantitative estimate of drug-likeness (QED) is 0.675. The molecule has 1 saturated heterocycles. The lowest BCUT2D eigenvalue weighted by Crippen LogP contribution is -2.44. The number of nitrogens with two attached hydrogens (primary N) is 1. The second-order valence-electron chi connectivity index (χ2n) is 5.56. The van der Waals surface area contributed by atoms with Crippen LogP contribution in [0.1, 0.15) is 19.3 Å². The van der Waals surface area contributed by atoms with Crippen LogP contribution in [0.2, 0.25) is 0 Å². The molecule has 1 rings (SSSR count). The summed E-state index contributed by atoms with van der Waals surface area (Å²) in [5.74, 6) is 0.155. The third-order valence-electron chi connectivity index (χ3n) is 3.53. The summed E-state index contributed by atoms with van der Waals surface area (Å²) in [6.45, 7) is 3.16. The van der Waals surface area contributed by atoms with Gasteiger partial charge in [0, 0.05) is 32.6 Å². The first-order valence-corrected chi connectivity index (χ1v) is 7.22. The Balaban J connectivity index is 2.39. The van der Waals surface area contributed by atoms with E-state index >= 15 is 0 Å². The summed E-state index contributed by atoms with van der Waals surface area (Å²) in [6.07, 6.45) is 2.96. The van der Waals surface area contributed by atoms with Crippen LogP contribution in [0.4, 0.5) is 0 Å². The fourth-order valence-electron chi connectivity index (χ4n) is 2.43. The third-order valence-corrected chi connectivity index (χ3v) is 3.74. The average molecular weight is 286 g/mol. The second kappa shape index (κ2) is 7.77. The molecule has 5 nitrogen and oxygen atoms in total. The van der Waals surface area contributed by atoms with Gasteiger partial charge in [-0.05, 0) is 33.5 Å². The van der Waals surface area contributed by atoms with Crippen molar-refractivity contribution in [2.75, 3.05) is 47.3 Å². The molecule has 0 spiro atoms. The highest BCUT2D eigenvalue weighted by molar-refractivity contribution is 7.80. The minimum absolute atomic E-state index is 0.155. The van der Waals surface area contributed by atoms with E-state index in [1.54, 1.807) is 4.90 Å². The molecule has 0 aromatic heterocycles. The largest absolute Gasteiger partial charge is 0.393 e. The lowest BCUT2D eigenvalue weighted by atomic mass is 10.2. The molecule has 0 bridgehead atoms. The Bertz CT molecular complexity index is 322. The van der Waals surface area contributed by atoms with Gasteiger partial charge in [0.05, 0.1) is 11.5 Å². The van der Waals surface area contributed by atoms with Crippen molar-refractivity contribution in [3.8, 4) is 0 Å². The van der Waals surface area contributed by atoms with Crippen molar-refractivity contribution in [1.29, 1.82) is 0 Å². The minimum atomic E-state index is 0.155. The van der Waals surface area contributed by atoms with Gasteiger partial charge in [-0.2, -0.15) is 0 Å². The molecule has 110 valence electrons. The third kappa shape index (κ3) is 5.84. The normalized spacial score (nSPS) is 19.9. The van der Waals surface area contributed by atoms with Gasteiger partial charge in [0.25, 0.3) is 0 Å². The smallest absolute Gasteiger partial charge is 0.236 e. The highest BCUT2D eigenvalue weighted by Crippen LogP contribution is 2.17. The van der Waals surface area contributed by atoms with Gasteiger partial charge >= 0.3 is 0 Å². The summed E-state index contributed by atoms with van der Waals surface area (Å²) in [5.41, 5.74) is 5.46. The molecule has 1 aliphatic heterocycles.